The van der Waals surface area contributed by atoms with E-state index in [0.29, 0.717) is 12.0 Å². The number of nitrogens with two attached hydrogens (primary N) is 1. The molecule has 0 saturated heterocycles. The van der Waals surface area contributed by atoms with Gasteiger partial charge in [0.2, 0.25) is 5.91 Å². The molecule has 0 radical (unpaired) electrons. The summed E-state index contributed by atoms with van der Waals surface area (Å²) in [6.45, 7) is 7.18. The monoisotopic (exact) mass is 215 g/mol. The summed E-state index contributed by atoms with van der Waals surface area (Å²) in [6, 6.07) is 0.0924. The molecule has 4 heteroatoms. The van der Waals surface area contributed by atoms with Gasteiger partial charge in [0.1, 0.15) is 0 Å². The molecule has 0 fully saturated rings. The molecular weight excluding hydrogens is 190 g/mol. The molecule has 0 saturated carbocycles. The summed E-state index contributed by atoms with van der Waals surface area (Å²) in [5, 5.41) is 3.32. The molecule has 2 atom stereocenters. The van der Waals surface area contributed by atoms with Gasteiger partial charge in [0.15, 0.2) is 0 Å². The number of nitrogens with zero attached hydrogens (tertiary/aromatic N) is 1. The first-order valence-corrected chi connectivity index (χ1v) is 5.58. The van der Waals surface area contributed by atoms with Crippen LogP contribution in [0.1, 0.15) is 27.2 Å². The summed E-state index contributed by atoms with van der Waals surface area (Å²) >= 11 is 0. The van der Waals surface area contributed by atoms with Crippen LogP contribution in [0.3, 0.4) is 0 Å². The SMILES string of the molecule is CCC(NC(CN(C)C)C(C)C)C(N)=O. The zero-order valence-electron chi connectivity index (χ0n) is 10.6. The van der Waals surface area contributed by atoms with E-state index in [1.807, 2.05) is 21.0 Å². The van der Waals surface area contributed by atoms with Crippen LogP contribution in [0.2, 0.25) is 0 Å². The van der Waals surface area contributed by atoms with Gasteiger partial charge in [0.25, 0.3) is 0 Å². The topological polar surface area (TPSA) is 58.4 Å². The number of amides is 1. The Morgan fingerprint density at radius 3 is 2.20 bits per heavy atom. The van der Waals surface area contributed by atoms with Gasteiger partial charge in [-0.05, 0) is 26.4 Å². The molecule has 3 N–H and O–H groups in total. The molecule has 0 aliphatic rings. The Kier molecular flexibility index (Phi) is 6.52. The molecule has 0 bridgehead atoms. The van der Waals surface area contributed by atoms with Gasteiger partial charge in [-0.15, -0.1) is 0 Å². The molecule has 2 unspecified atom stereocenters. The highest BCUT2D eigenvalue weighted by atomic mass is 16.1. The Labute approximate surface area is 93.2 Å². The largest absolute Gasteiger partial charge is 0.368 e. The second kappa shape index (κ2) is 6.80. The van der Waals surface area contributed by atoms with E-state index in [1.54, 1.807) is 0 Å². The van der Waals surface area contributed by atoms with Crippen molar-refractivity contribution in [2.45, 2.75) is 39.3 Å². The molecular formula is C11H25N3O. The van der Waals surface area contributed by atoms with Crippen LogP contribution in [0.25, 0.3) is 0 Å². The van der Waals surface area contributed by atoms with E-state index in [2.05, 4.69) is 24.1 Å². The van der Waals surface area contributed by atoms with Crippen LogP contribution in [0.15, 0.2) is 0 Å². The quantitative estimate of drug-likeness (QED) is 0.647. The van der Waals surface area contributed by atoms with Crippen molar-refractivity contribution in [1.82, 2.24) is 10.2 Å². The lowest BCUT2D eigenvalue weighted by Crippen LogP contribution is -2.51. The van der Waals surface area contributed by atoms with E-state index in [4.69, 9.17) is 5.73 Å². The van der Waals surface area contributed by atoms with Gasteiger partial charge in [-0.1, -0.05) is 20.8 Å². The average Bonchev–Trinajstić information content (AvgIpc) is 2.10. The normalized spacial score (nSPS) is 15.7. The first-order chi connectivity index (χ1) is 6.88. The van der Waals surface area contributed by atoms with Crippen LogP contribution in [-0.4, -0.2) is 43.5 Å². The predicted molar refractivity (Wildman–Crippen MR) is 63.6 cm³/mol. The zero-order valence-corrected chi connectivity index (χ0v) is 10.6. The molecule has 0 aliphatic heterocycles. The van der Waals surface area contributed by atoms with Gasteiger partial charge < -0.3 is 16.0 Å². The molecule has 0 aromatic heterocycles. The molecule has 0 aliphatic carbocycles. The second-order valence-electron chi connectivity index (χ2n) is 4.64. The minimum Gasteiger partial charge on any atom is -0.368 e. The van der Waals surface area contributed by atoms with Gasteiger partial charge in [-0.25, -0.2) is 0 Å². The highest BCUT2D eigenvalue weighted by Crippen LogP contribution is 2.05. The third kappa shape index (κ3) is 5.74. The smallest absolute Gasteiger partial charge is 0.234 e. The minimum atomic E-state index is -0.262. The summed E-state index contributed by atoms with van der Waals surface area (Å²) in [6.07, 6.45) is 0.742. The van der Waals surface area contributed by atoms with E-state index >= 15 is 0 Å². The number of hydrogen-bond acceptors (Lipinski definition) is 3. The number of nitrogens with one attached hydrogen (secondary N) is 1. The number of likely N-dealkylation sites (N-methyl/N-ethyl adjacent to an activating group) is 1. The van der Waals surface area contributed by atoms with Gasteiger partial charge >= 0.3 is 0 Å². The van der Waals surface area contributed by atoms with Gasteiger partial charge in [-0.3, -0.25) is 4.79 Å². The average molecular weight is 215 g/mol. The molecule has 0 heterocycles. The van der Waals surface area contributed by atoms with Crippen LogP contribution in [0.4, 0.5) is 0 Å². The summed E-state index contributed by atoms with van der Waals surface area (Å²) in [5.41, 5.74) is 5.31. The fraction of sp³-hybridized carbons (Fsp3) is 0.909. The van der Waals surface area contributed by atoms with Gasteiger partial charge in [-0.2, -0.15) is 0 Å². The summed E-state index contributed by atoms with van der Waals surface area (Å²) in [5.74, 6) is 0.225. The number of carbonyl (C=O) groups excluding carboxylic acids is 1. The van der Waals surface area contributed by atoms with Crippen molar-refractivity contribution in [2.24, 2.45) is 11.7 Å². The van der Waals surface area contributed by atoms with Crippen LogP contribution in [0.5, 0.6) is 0 Å². The van der Waals surface area contributed by atoms with Crippen LogP contribution in [-0.2, 0) is 4.79 Å². The molecule has 90 valence electrons. The first-order valence-electron chi connectivity index (χ1n) is 5.58. The molecule has 4 nitrogen and oxygen atoms in total. The van der Waals surface area contributed by atoms with E-state index in [-0.39, 0.29) is 11.9 Å². The van der Waals surface area contributed by atoms with Crippen molar-refractivity contribution in [2.75, 3.05) is 20.6 Å². The van der Waals surface area contributed by atoms with Crippen molar-refractivity contribution in [3.63, 3.8) is 0 Å². The highest BCUT2D eigenvalue weighted by Gasteiger charge is 2.20. The standard InChI is InChI=1S/C11H25N3O/c1-6-9(11(12)15)13-10(8(2)3)7-14(4)5/h8-10,13H,6-7H2,1-5H3,(H2,12,15). The Balaban J connectivity index is 4.31. The number of carbonyl (C=O) groups is 1. The number of rotatable bonds is 7. The van der Waals surface area contributed by atoms with Crippen LogP contribution < -0.4 is 11.1 Å². The molecule has 0 aromatic carbocycles. The van der Waals surface area contributed by atoms with Crippen LogP contribution >= 0.6 is 0 Å². The Morgan fingerprint density at radius 2 is 1.93 bits per heavy atom. The van der Waals surface area contributed by atoms with E-state index in [9.17, 15) is 4.79 Å². The summed E-state index contributed by atoms with van der Waals surface area (Å²) < 4.78 is 0. The lowest BCUT2D eigenvalue weighted by atomic mass is 10.0. The summed E-state index contributed by atoms with van der Waals surface area (Å²) in [7, 11) is 4.06. The van der Waals surface area contributed by atoms with Crippen molar-refractivity contribution < 1.29 is 4.79 Å². The highest BCUT2D eigenvalue weighted by molar-refractivity contribution is 5.79. The molecule has 0 rings (SSSR count). The minimum absolute atomic E-state index is 0.211. The van der Waals surface area contributed by atoms with E-state index in [0.717, 1.165) is 13.0 Å². The fourth-order valence-electron chi connectivity index (χ4n) is 1.51. The number of hydrogen-bond donors (Lipinski definition) is 2. The van der Waals surface area contributed by atoms with E-state index in [1.165, 1.54) is 0 Å². The zero-order chi connectivity index (χ0) is 12.0. The third-order valence-electron chi connectivity index (χ3n) is 2.53. The lowest BCUT2D eigenvalue weighted by molar-refractivity contribution is -0.120. The van der Waals surface area contributed by atoms with Crippen LogP contribution in [0, 0.1) is 5.92 Å². The van der Waals surface area contributed by atoms with Crippen molar-refractivity contribution >= 4 is 5.91 Å². The van der Waals surface area contributed by atoms with Crippen molar-refractivity contribution in [3.05, 3.63) is 0 Å². The first kappa shape index (κ1) is 14.4. The third-order valence-corrected chi connectivity index (χ3v) is 2.53. The van der Waals surface area contributed by atoms with Gasteiger partial charge in [0.05, 0.1) is 6.04 Å². The Morgan fingerprint density at radius 1 is 1.40 bits per heavy atom. The fourth-order valence-corrected chi connectivity index (χ4v) is 1.51. The molecule has 0 aromatic rings. The molecule has 1 amide bonds. The van der Waals surface area contributed by atoms with Crippen molar-refractivity contribution in [1.29, 1.82) is 0 Å². The van der Waals surface area contributed by atoms with E-state index < -0.39 is 0 Å². The second-order valence-corrected chi connectivity index (χ2v) is 4.64. The maximum absolute atomic E-state index is 11.1. The summed E-state index contributed by atoms with van der Waals surface area (Å²) in [4.78, 5) is 13.2. The maximum Gasteiger partial charge on any atom is 0.234 e. The number of primary amides is 1. The molecule has 15 heavy (non-hydrogen) atoms. The molecule has 0 spiro atoms. The van der Waals surface area contributed by atoms with Gasteiger partial charge in [0, 0.05) is 12.6 Å². The van der Waals surface area contributed by atoms with Crippen molar-refractivity contribution in [3.8, 4) is 0 Å². The Hall–Kier alpha value is -0.610. The maximum atomic E-state index is 11.1. The predicted octanol–water partition coefficient (Wildman–Crippen LogP) is 0.426. The lowest BCUT2D eigenvalue weighted by Gasteiger charge is -2.28. The Bertz CT molecular complexity index is 192.